The quantitative estimate of drug-likeness (QED) is 0.170. The predicted octanol–water partition coefficient (Wildman–Crippen LogP) is 15.5. The van der Waals surface area contributed by atoms with Crippen LogP contribution in [-0.4, -0.2) is 0 Å². The molecule has 2 aliphatic carbocycles. The first kappa shape index (κ1) is 33.1. The van der Waals surface area contributed by atoms with E-state index in [-0.39, 0.29) is 10.8 Å². The molecule has 0 N–H and O–H groups in total. The maximum atomic E-state index is 2.59. The normalized spacial score (nSPS) is 14.4. The van der Waals surface area contributed by atoms with Crippen molar-refractivity contribution in [3.8, 4) is 44.5 Å². The molecule has 11 rings (SSSR count). The summed E-state index contributed by atoms with van der Waals surface area (Å²) in [4.78, 5) is 2.59. The number of benzene rings is 8. The van der Waals surface area contributed by atoms with Crippen LogP contribution in [0.15, 0.2) is 176 Å². The summed E-state index contributed by atoms with van der Waals surface area (Å²) in [5.41, 5.74) is 18.9. The van der Waals surface area contributed by atoms with Crippen molar-refractivity contribution in [2.75, 3.05) is 4.90 Å². The first-order valence-electron chi connectivity index (χ1n) is 19.7. The zero-order chi connectivity index (χ0) is 37.8. The van der Waals surface area contributed by atoms with E-state index >= 15 is 0 Å². The van der Waals surface area contributed by atoms with Gasteiger partial charge in [-0.25, -0.2) is 0 Å². The Hall–Kier alpha value is -6.22. The van der Waals surface area contributed by atoms with E-state index in [0.717, 1.165) is 11.4 Å². The number of hydrogen-bond acceptors (Lipinski definition) is 2. The summed E-state index contributed by atoms with van der Waals surface area (Å²) in [6, 6.07) is 65.9. The average molecular weight is 736 g/mol. The lowest BCUT2D eigenvalue weighted by molar-refractivity contribution is 0.660. The molecule has 0 fully saturated rings. The molecule has 0 spiro atoms. The van der Waals surface area contributed by atoms with E-state index < -0.39 is 0 Å². The molecule has 0 amide bonds. The van der Waals surface area contributed by atoms with Crippen LogP contribution < -0.4 is 4.90 Å². The molecule has 268 valence electrons. The monoisotopic (exact) mass is 735 g/mol. The molecule has 0 saturated heterocycles. The molecule has 8 aromatic carbocycles. The fraction of sp³-hybridized carbons (Fsp3) is 0.111. The molecule has 0 unspecified atom stereocenters. The van der Waals surface area contributed by atoms with Gasteiger partial charge in [0.2, 0.25) is 0 Å². The molecule has 2 heteroatoms. The second-order valence-corrected chi connectivity index (χ2v) is 17.6. The number of anilines is 3. The van der Waals surface area contributed by atoms with Crippen LogP contribution in [-0.2, 0) is 10.8 Å². The molecule has 0 radical (unpaired) electrons. The maximum Gasteiger partial charge on any atom is 0.0546 e. The highest BCUT2D eigenvalue weighted by Crippen LogP contribution is 2.57. The third-order valence-electron chi connectivity index (χ3n) is 12.7. The van der Waals surface area contributed by atoms with E-state index in [4.69, 9.17) is 0 Å². The molecule has 0 bridgehead atoms. The summed E-state index contributed by atoms with van der Waals surface area (Å²) in [5, 5.41) is 2.62. The Morgan fingerprint density at radius 2 is 1.00 bits per heavy atom. The van der Waals surface area contributed by atoms with Crippen LogP contribution in [0.5, 0.6) is 0 Å². The van der Waals surface area contributed by atoms with Crippen molar-refractivity contribution in [2.24, 2.45) is 0 Å². The average Bonchev–Trinajstić information content (AvgIpc) is 3.81. The van der Waals surface area contributed by atoms with Crippen molar-refractivity contribution in [3.63, 3.8) is 0 Å². The number of fused-ring (bicyclic) bond motifs is 9. The van der Waals surface area contributed by atoms with Crippen LogP contribution in [0.4, 0.5) is 17.1 Å². The van der Waals surface area contributed by atoms with Crippen LogP contribution in [0.1, 0.15) is 49.9 Å². The highest BCUT2D eigenvalue weighted by molar-refractivity contribution is 7.25. The summed E-state index contributed by atoms with van der Waals surface area (Å²) < 4.78 is 2.62. The van der Waals surface area contributed by atoms with Gasteiger partial charge in [-0.15, -0.1) is 11.3 Å². The smallest absolute Gasteiger partial charge is 0.0546 e. The highest BCUT2D eigenvalue weighted by Gasteiger charge is 2.39. The fourth-order valence-electron chi connectivity index (χ4n) is 9.91. The van der Waals surface area contributed by atoms with Crippen molar-refractivity contribution >= 4 is 48.6 Å². The Kier molecular flexibility index (Phi) is 7.18. The minimum atomic E-state index is -0.142. The number of hydrogen-bond donors (Lipinski definition) is 0. The molecule has 0 atom stereocenters. The Labute approximate surface area is 333 Å². The van der Waals surface area contributed by atoms with E-state index in [2.05, 4.69) is 209 Å². The molecule has 9 aromatic rings. The van der Waals surface area contributed by atoms with E-state index in [1.165, 1.54) is 92.6 Å². The fourth-order valence-corrected chi connectivity index (χ4v) is 11.0. The summed E-state index contributed by atoms with van der Waals surface area (Å²) >= 11 is 1.88. The second kappa shape index (κ2) is 12.1. The van der Waals surface area contributed by atoms with Crippen molar-refractivity contribution in [1.82, 2.24) is 0 Å². The molecule has 0 saturated carbocycles. The van der Waals surface area contributed by atoms with Crippen molar-refractivity contribution in [3.05, 3.63) is 198 Å². The molecule has 2 aliphatic rings. The van der Waals surface area contributed by atoms with Crippen LogP contribution in [0.2, 0.25) is 0 Å². The molecule has 0 aliphatic heterocycles. The Balaban J connectivity index is 1.26. The zero-order valence-electron chi connectivity index (χ0n) is 32.1. The first-order chi connectivity index (χ1) is 27.3. The highest BCUT2D eigenvalue weighted by atomic mass is 32.1. The van der Waals surface area contributed by atoms with Crippen molar-refractivity contribution < 1.29 is 0 Å². The van der Waals surface area contributed by atoms with Gasteiger partial charge in [-0.2, -0.15) is 0 Å². The van der Waals surface area contributed by atoms with Gasteiger partial charge in [0.25, 0.3) is 0 Å². The van der Waals surface area contributed by atoms with Crippen molar-refractivity contribution in [2.45, 2.75) is 38.5 Å². The lowest BCUT2D eigenvalue weighted by Crippen LogP contribution is -2.18. The Morgan fingerprint density at radius 1 is 0.393 bits per heavy atom. The summed E-state index contributed by atoms with van der Waals surface area (Å²) in [6.07, 6.45) is 0. The summed E-state index contributed by atoms with van der Waals surface area (Å²) in [7, 11) is 0. The zero-order valence-corrected chi connectivity index (χ0v) is 32.9. The Morgan fingerprint density at radius 3 is 1.84 bits per heavy atom. The van der Waals surface area contributed by atoms with Crippen LogP contribution in [0, 0.1) is 0 Å². The minimum Gasteiger partial charge on any atom is -0.309 e. The van der Waals surface area contributed by atoms with Gasteiger partial charge in [0.1, 0.15) is 0 Å². The molecule has 1 nitrogen and oxygen atoms in total. The lowest BCUT2D eigenvalue weighted by Gasteiger charge is -2.32. The topological polar surface area (TPSA) is 3.24 Å². The Bertz CT molecular complexity index is 3030. The van der Waals surface area contributed by atoms with E-state index in [1.54, 1.807) is 0 Å². The van der Waals surface area contributed by atoms with E-state index in [0.29, 0.717) is 0 Å². The summed E-state index contributed by atoms with van der Waals surface area (Å²) in [6.45, 7) is 9.53. The first-order valence-corrected chi connectivity index (χ1v) is 20.5. The van der Waals surface area contributed by atoms with Crippen LogP contribution >= 0.6 is 11.3 Å². The molecular formula is C54H41NS. The third-order valence-corrected chi connectivity index (χ3v) is 13.8. The molecule has 1 aromatic heterocycles. The molecule has 56 heavy (non-hydrogen) atoms. The third kappa shape index (κ3) is 4.72. The van der Waals surface area contributed by atoms with Gasteiger partial charge in [-0.1, -0.05) is 167 Å². The maximum absolute atomic E-state index is 2.59. The van der Waals surface area contributed by atoms with Gasteiger partial charge in [0.05, 0.1) is 11.4 Å². The van der Waals surface area contributed by atoms with Gasteiger partial charge in [0, 0.05) is 47.8 Å². The van der Waals surface area contributed by atoms with Gasteiger partial charge < -0.3 is 4.90 Å². The van der Waals surface area contributed by atoms with Gasteiger partial charge >= 0.3 is 0 Å². The number of rotatable bonds is 5. The second-order valence-electron chi connectivity index (χ2n) is 16.5. The van der Waals surface area contributed by atoms with Gasteiger partial charge in [-0.3, -0.25) is 0 Å². The number of nitrogens with zero attached hydrogens (tertiary/aromatic N) is 1. The largest absolute Gasteiger partial charge is 0.309 e. The minimum absolute atomic E-state index is 0.134. The number of thiophene rings is 1. The van der Waals surface area contributed by atoms with Crippen LogP contribution in [0.25, 0.3) is 64.7 Å². The SMILES string of the molecule is CC1(C)c2ccccc2-c2ccc(N(c3cc(-c4ccccc4)ccc3-c3cccc4sc5ccccc5c34)c3cccc4c3-c3ccccc3C4(C)C)cc21. The molecule has 1 heterocycles. The van der Waals surface area contributed by atoms with E-state index in [1.807, 2.05) is 11.3 Å². The van der Waals surface area contributed by atoms with Gasteiger partial charge in [0.15, 0.2) is 0 Å². The van der Waals surface area contributed by atoms with Crippen molar-refractivity contribution in [1.29, 1.82) is 0 Å². The predicted molar refractivity (Wildman–Crippen MR) is 240 cm³/mol. The van der Waals surface area contributed by atoms with E-state index in [9.17, 15) is 0 Å². The summed E-state index contributed by atoms with van der Waals surface area (Å²) in [5.74, 6) is 0. The van der Waals surface area contributed by atoms with Gasteiger partial charge in [-0.05, 0) is 92.0 Å². The van der Waals surface area contributed by atoms with Crippen LogP contribution in [0.3, 0.4) is 0 Å². The lowest BCUT2D eigenvalue weighted by atomic mass is 9.82. The molecular weight excluding hydrogens is 695 g/mol. The standard InChI is InChI=1S/C54H41NS/c1-53(2)44-23-12-9-19-41(44)52-45(53)24-15-25-47(52)55(36-29-31-38-37-18-8-11-22-43(37)54(3,4)46(38)33-36)48-32-35(34-16-6-5-7-17-34)28-30-39(48)40-21-14-27-50-51(40)42-20-10-13-26-49(42)56-50/h5-33H,1-4H3.